The van der Waals surface area contributed by atoms with E-state index < -0.39 is 0 Å². The zero-order valence-electron chi connectivity index (χ0n) is 10.7. The van der Waals surface area contributed by atoms with Crippen LogP contribution in [0.2, 0.25) is 0 Å². The van der Waals surface area contributed by atoms with Gasteiger partial charge in [0.2, 0.25) is 0 Å². The zero-order valence-corrected chi connectivity index (χ0v) is 10.7. The van der Waals surface area contributed by atoms with Crippen molar-refractivity contribution >= 4 is 5.91 Å². The number of amides is 1. The van der Waals surface area contributed by atoms with Crippen LogP contribution >= 0.6 is 0 Å². The summed E-state index contributed by atoms with van der Waals surface area (Å²) >= 11 is 0. The standard InChI is InChI=1S/C15H16N2O2/c18-15(17-9-11-19-12-10-17)13-5-1-2-6-14(13)16-7-3-4-8-16/h1-8H,9-12H2. The molecule has 0 atom stereocenters. The number of hydrogen-bond donors (Lipinski definition) is 0. The molecule has 1 amide bonds. The van der Waals surface area contributed by atoms with Gasteiger partial charge in [0.1, 0.15) is 0 Å². The molecule has 1 saturated heterocycles. The number of carbonyl (C=O) groups is 1. The Kier molecular flexibility index (Phi) is 3.33. The Bertz CT molecular complexity index is 557. The number of hydrogen-bond acceptors (Lipinski definition) is 2. The molecule has 0 aliphatic carbocycles. The minimum atomic E-state index is 0.0765. The second kappa shape index (κ2) is 5.28. The maximum atomic E-state index is 12.6. The van der Waals surface area contributed by atoms with Gasteiger partial charge in [0.05, 0.1) is 24.5 Å². The van der Waals surface area contributed by atoms with E-state index in [1.54, 1.807) is 0 Å². The summed E-state index contributed by atoms with van der Waals surface area (Å²) < 4.78 is 7.26. The van der Waals surface area contributed by atoms with E-state index in [4.69, 9.17) is 4.74 Å². The first kappa shape index (κ1) is 12.0. The van der Waals surface area contributed by atoms with Gasteiger partial charge in [0, 0.05) is 25.5 Å². The molecule has 0 unspecified atom stereocenters. The molecule has 4 heteroatoms. The van der Waals surface area contributed by atoms with Crippen LogP contribution in [0.15, 0.2) is 48.8 Å². The van der Waals surface area contributed by atoms with Crippen LogP contribution in [0, 0.1) is 0 Å². The lowest BCUT2D eigenvalue weighted by molar-refractivity contribution is 0.0303. The number of morpholine rings is 1. The molecular weight excluding hydrogens is 240 g/mol. The molecule has 0 radical (unpaired) electrons. The predicted molar refractivity (Wildman–Crippen MR) is 72.5 cm³/mol. The van der Waals surface area contributed by atoms with Crippen LogP contribution in [0.5, 0.6) is 0 Å². The average molecular weight is 256 g/mol. The fourth-order valence-corrected chi connectivity index (χ4v) is 2.31. The van der Waals surface area contributed by atoms with E-state index in [0.29, 0.717) is 26.3 Å². The van der Waals surface area contributed by atoms with Gasteiger partial charge in [0.15, 0.2) is 0 Å². The molecule has 2 aromatic rings. The smallest absolute Gasteiger partial charge is 0.256 e. The van der Waals surface area contributed by atoms with Crippen molar-refractivity contribution < 1.29 is 9.53 Å². The SMILES string of the molecule is O=C(c1ccccc1-n1cccc1)N1CCOCC1. The van der Waals surface area contributed by atoms with Gasteiger partial charge < -0.3 is 14.2 Å². The number of carbonyl (C=O) groups excluding carboxylic acids is 1. The minimum absolute atomic E-state index is 0.0765. The molecule has 19 heavy (non-hydrogen) atoms. The zero-order chi connectivity index (χ0) is 13.1. The molecule has 3 rings (SSSR count). The van der Waals surface area contributed by atoms with Crippen molar-refractivity contribution in [3.63, 3.8) is 0 Å². The summed E-state index contributed by atoms with van der Waals surface area (Å²) in [5, 5.41) is 0. The van der Waals surface area contributed by atoms with Crippen molar-refractivity contribution in [3.05, 3.63) is 54.4 Å². The highest BCUT2D eigenvalue weighted by Gasteiger charge is 2.20. The largest absolute Gasteiger partial charge is 0.378 e. The summed E-state index contributed by atoms with van der Waals surface area (Å²) in [5.74, 6) is 0.0765. The fraction of sp³-hybridized carbons (Fsp3) is 0.267. The highest BCUT2D eigenvalue weighted by atomic mass is 16.5. The summed E-state index contributed by atoms with van der Waals surface area (Å²) in [6, 6.07) is 11.6. The van der Waals surface area contributed by atoms with E-state index in [1.807, 2.05) is 58.3 Å². The molecule has 0 N–H and O–H groups in total. The topological polar surface area (TPSA) is 34.5 Å². The molecule has 1 aliphatic heterocycles. The minimum Gasteiger partial charge on any atom is -0.378 e. The lowest BCUT2D eigenvalue weighted by atomic mass is 10.1. The van der Waals surface area contributed by atoms with E-state index in [9.17, 15) is 4.79 Å². The summed E-state index contributed by atoms with van der Waals surface area (Å²) in [7, 11) is 0. The second-order valence-corrected chi connectivity index (χ2v) is 4.51. The Balaban J connectivity index is 1.94. The second-order valence-electron chi connectivity index (χ2n) is 4.51. The fourth-order valence-electron chi connectivity index (χ4n) is 2.31. The van der Waals surface area contributed by atoms with Gasteiger partial charge in [0.25, 0.3) is 5.91 Å². The Morgan fingerprint density at radius 3 is 2.42 bits per heavy atom. The first-order valence-electron chi connectivity index (χ1n) is 6.45. The molecule has 1 aromatic carbocycles. The van der Waals surface area contributed by atoms with E-state index >= 15 is 0 Å². The molecule has 2 heterocycles. The Morgan fingerprint density at radius 1 is 1.00 bits per heavy atom. The number of aromatic nitrogens is 1. The highest BCUT2D eigenvalue weighted by Crippen LogP contribution is 2.17. The van der Waals surface area contributed by atoms with Gasteiger partial charge in [-0.25, -0.2) is 0 Å². The van der Waals surface area contributed by atoms with Crippen molar-refractivity contribution in [2.45, 2.75) is 0 Å². The van der Waals surface area contributed by atoms with Crippen LogP contribution in [-0.4, -0.2) is 41.7 Å². The van der Waals surface area contributed by atoms with Crippen LogP contribution in [0.1, 0.15) is 10.4 Å². The van der Waals surface area contributed by atoms with Gasteiger partial charge in [-0.15, -0.1) is 0 Å². The molecule has 0 saturated carbocycles. The normalized spacial score (nSPS) is 15.5. The lowest BCUT2D eigenvalue weighted by Crippen LogP contribution is -2.41. The van der Waals surface area contributed by atoms with E-state index in [2.05, 4.69) is 0 Å². The van der Waals surface area contributed by atoms with Crippen molar-refractivity contribution in [2.75, 3.05) is 26.3 Å². The first-order chi connectivity index (χ1) is 9.36. The summed E-state index contributed by atoms with van der Waals surface area (Å²) in [5.41, 5.74) is 1.66. The first-order valence-corrected chi connectivity index (χ1v) is 6.45. The maximum Gasteiger partial charge on any atom is 0.256 e. The molecule has 1 aliphatic rings. The molecule has 1 aromatic heterocycles. The van der Waals surface area contributed by atoms with Gasteiger partial charge in [-0.05, 0) is 24.3 Å². The molecule has 0 bridgehead atoms. The molecule has 1 fully saturated rings. The van der Waals surface area contributed by atoms with Gasteiger partial charge in [-0.3, -0.25) is 4.79 Å². The van der Waals surface area contributed by atoms with Gasteiger partial charge in [-0.1, -0.05) is 12.1 Å². The number of para-hydroxylation sites is 1. The van der Waals surface area contributed by atoms with E-state index in [1.165, 1.54) is 0 Å². The maximum absolute atomic E-state index is 12.6. The predicted octanol–water partition coefficient (Wildman–Crippen LogP) is 1.95. The summed E-state index contributed by atoms with van der Waals surface area (Å²) in [6.45, 7) is 2.58. The van der Waals surface area contributed by atoms with Crippen molar-refractivity contribution in [2.24, 2.45) is 0 Å². The van der Waals surface area contributed by atoms with Crippen LogP contribution in [-0.2, 0) is 4.74 Å². The molecule has 98 valence electrons. The molecular formula is C15H16N2O2. The third-order valence-corrected chi connectivity index (χ3v) is 3.32. The number of nitrogens with zero attached hydrogens (tertiary/aromatic N) is 2. The number of ether oxygens (including phenoxy) is 1. The summed E-state index contributed by atoms with van der Waals surface area (Å²) in [4.78, 5) is 14.4. The highest BCUT2D eigenvalue weighted by molar-refractivity contribution is 5.97. The third-order valence-electron chi connectivity index (χ3n) is 3.32. The van der Waals surface area contributed by atoms with Crippen molar-refractivity contribution in [3.8, 4) is 5.69 Å². The third kappa shape index (κ3) is 2.39. The van der Waals surface area contributed by atoms with Crippen molar-refractivity contribution in [1.82, 2.24) is 9.47 Å². The molecule has 0 spiro atoms. The van der Waals surface area contributed by atoms with E-state index in [0.717, 1.165) is 11.3 Å². The van der Waals surface area contributed by atoms with E-state index in [-0.39, 0.29) is 5.91 Å². The number of benzene rings is 1. The Labute approximate surface area is 112 Å². The number of rotatable bonds is 2. The quantitative estimate of drug-likeness (QED) is 0.823. The Morgan fingerprint density at radius 2 is 1.68 bits per heavy atom. The monoisotopic (exact) mass is 256 g/mol. The summed E-state index contributed by atoms with van der Waals surface area (Å²) in [6.07, 6.45) is 3.90. The Hall–Kier alpha value is -2.07. The molecule has 4 nitrogen and oxygen atoms in total. The van der Waals surface area contributed by atoms with Crippen molar-refractivity contribution in [1.29, 1.82) is 0 Å². The van der Waals surface area contributed by atoms with Crippen LogP contribution < -0.4 is 0 Å². The van der Waals surface area contributed by atoms with Gasteiger partial charge >= 0.3 is 0 Å². The van der Waals surface area contributed by atoms with Gasteiger partial charge in [-0.2, -0.15) is 0 Å². The van der Waals surface area contributed by atoms with Crippen LogP contribution in [0.25, 0.3) is 5.69 Å². The van der Waals surface area contributed by atoms with Crippen LogP contribution in [0.4, 0.5) is 0 Å². The lowest BCUT2D eigenvalue weighted by Gasteiger charge is -2.27. The van der Waals surface area contributed by atoms with Crippen LogP contribution in [0.3, 0.4) is 0 Å². The average Bonchev–Trinajstić information content (AvgIpc) is 3.01.